The number of carbonyl (C=O) groups is 2. The predicted molar refractivity (Wildman–Crippen MR) is 101 cm³/mol. The Labute approximate surface area is 148 Å². The van der Waals surface area contributed by atoms with Crippen molar-refractivity contribution in [3.05, 3.63) is 83.6 Å². The van der Waals surface area contributed by atoms with Gasteiger partial charge in [-0.1, -0.05) is 60.7 Å². The summed E-state index contributed by atoms with van der Waals surface area (Å²) in [5, 5.41) is 2.69. The van der Waals surface area contributed by atoms with Crippen molar-refractivity contribution >= 4 is 24.0 Å². The quantitative estimate of drug-likeness (QED) is 0.824. The lowest BCUT2D eigenvalue weighted by atomic mass is 10.1. The van der Waals surface area contributed by atoms with Crippen LogP contribution in [-0.2, 0) is 9.59 Å². The van der Waals surface area contributed by atoms with E-state index >= 15 is 0 Å². The van der Waals surface area contributed by atoms with Crippen LogP contribution in [0.3, 0.4) is 0 Å². The van der Waals surface area contributed by atoms with Gasteiger partial charge < -0.3 is 10.2 Å². The number of nitrogens with zero attached hydrogens (tertiary/aromatic N) is 1. The number of hydrogen-bond donors (Lipinski definition) is 1. The van der Waals surface area contributed by atoms with E-state index in [-0.39, 0.29) is 17.5 Å². The summed E-state index contributed by atoms with van der Waals surface area (Å²) < 4.78 is 0. The van der Waals surface area contributed by atoms with Crippen molar-refractivity contribution < 1.29 is 9.59 Å². The van der Waals surface area contributed by atoms with E-state index in [0.29, 0.717) is 6.54 Å². The van der Waals surface area contributed by atoms with Gasteiger partial charge in [0.2, 0.25) is 5.91 Å². The van der Waals surface area contributed by atoms with Crippen LogP contribution in [0.2, 0.25) is 0 Å². The van der Waals surface area contributed by atoms with Gasteiger partial charge >= 0.3 is 0 Å². The molecule has 2 amide bonds. The highest BCUT2D eigenvalue weighted by Crippen LogP contribution is 2.08. The molecule has 128 valence electrons. The van der Waals surface area contributed by atoms with Crippen LogP contribution < -0.4 is 5.32 Å². The van der Waals surface area contributed by atoms with Gasteiger partial charge in [0.25, 0.3) is 5.91 Å². The molecule has 25 heavy (non-hydrogen) atoms. The molecule has 2 aromatic carbocycles. The summed E-state index contributed by atoms with van der Waals surface area (Å²) in [5.41, 5.74) is 2.02. The largest absolute Gasteiger partial charge is 0.341 e. The first-order chi connectivity index (χ1) is 12.1. The Balaban J connectivity index is 2.18. The second kappa shape index (κ2) is 9.23. The molecule has 0 atom stereocenters. The maximum Gasteiger partial charge on any atom is 0.270 e. The van der Waals surface area contributed by atoms with E-state index in [1.54, 1.807) is 24.1 Å². The van der Waals surface area contributed by atoms with Crippen LogP contribution in [0.4, 0.5) is 0 Å². The second-order valence-corrected chi connectivity index (χ2v) is 5.52. The average Bonchev–Trinajstić information content (AvgIpc) is 2.66. The van der Waals surface area contributed by atoms with Crippen LogP contribution in [0, 0.1) is 0 Å². The van der Waals surface area contributed by atoms with Crippen molar-refractivity contribution in [2.75, 3.05) is 13.6 Å². The van der Waals surface area contributed by atoms with Gasteiger partial charge in [0.15, 0.2) is 0 Å². The zero-order valence-electron chi connectivity index (χ0n) is 14.5. The van der Waals surface area contributed by atoms with Crippen molar-refractivity contribution in [1.82, 2.24) is 10.2 Å². The molecular weight excluding hydrogens is 312 g/mol. The van der Waals surface area contributed by atoms with E-state index in [0.717, 1.165) is 11.1 Å². The van der Waals surface area contributed by atoms with E-state index in [2.05, 4.69) is 5.32 Å². The van der Waals surface area contributed by atoms with Gasteiger partial charge in [-0.3, -0.25) is 9.59 Å². The monoisotopic (exact) mass is 334 g/mol. The zero-order chi connectivity index (χ0) is 18.1. The lowest BCUT2D eigenvalue weighted by molar-refractivity contribution is -0.127. The van der Waals surface area contributed by atoms with E-state index in [1.165, 1.54) is 6.08 Å². The highest BCUT2D eigenvalue weighted by molar-refractivity contribution is 6.04. The fraction of sp³-hybridized carbons (Fsp3) is 0.143. The Morgan fingerprint density at radius 1 is 0.960 bits per heavy atom. The SMILES string of the molecule is CCN(C)C(=O)C(=Cc1ccccc1)NC(=O)/C=C\c1ccccc1. The molecule has 0 saturated carbocycles. The minimum absolute atomic E-state index is 0.229. The molecule has 0 aliphatic rings. The van der Waals surface area contributed by atoms with Crippen molar-refractivity contribution in [3.8, 4) is 0 Å². The highest BCUT2D eigenvalue weighted by Gasteiger charge is 2.15. The topological polar surface area (TPSA) is 49.4 Å². The van der Waals surface area contributed by atoms with Crippen LogP contribution in [0.5, 0.6) is 0 Å². The Bertz CT molecular complexity index is 765. The van der Waals surface area contributed by atoms with E-state index in [1.807, 2.05) is 67.6 Å². The Hall–Kier alpha value is -3.14. The molecule has 0 bridgehead atoms. The van der Waals surface area contributed by atoms with Crippen molar-refractivity contribution in [2.24, 2.45) is 0 Å². The molecule has 1 N–H and O–H groups in total. The van der Waals surface area contributed by atoms with Gasteiger partial charge in [-0.25, -0.2) is 0 Å². The summed E-state index contributed by atoms with van der Waals surface area (Å²) in [6, 6.07) is 19.0. The second-order valence-electron chi connectivity index (χ2n) is 5.52. The van der Waals surface area contributed by atoms with Crippen LogP contribution in [0.15, 0.2) is 72.4 Å². The fourth-order valence-corrected chi connectivity index (χ4v) is 2.13. The van der Waals surface area contributed by atoms with Crippen molar-refractivity contribution in [1.29, 1.82) is 0 Å². The summed E-state index contributed by atoms with van der Waals surface area (Å²) in [6.45, 7) is 2.44. The lowest BCUT2D eigenvalue weighted by Crippen LogP contribution is -2.35. The molecule has 0 aliphatic heterocycles. The predicted octanol–water partition coefficient (Wildman–Crippen LogP) is 3.34. The first-order valence-electron chi connectivity index (χ1n) is 8.16. The molecular formula is C21H22N2O2. The third-order valence-electron chi connectivity index (χ3n) is 3.65. The van der Waals surface area contributed by atoms with Crippen molar-refractivity contribution in [3.63, 3.8) is 0 Å². The van der Waals surface area contributed by atoms with Gasteiger partial charge in [-0.05, 0) is 30.2 Å². The molecule has 0 heterocycles. The summed E-state index contributed by atoms with van der Waals surface area (Å²) in [5.74, 6) is -0.572. The molecule has 0 radical (unpaired) electrons. The zero-order valence-corrected chi connectivity index (χ0v) is 14.5. The van der Waals surface area contributed by atoms with E-state index in [9.17, 15) is 9.59 Å². The van der Waals surface area contributed by atoms with Gasteiger partial charge in [0.1, 0.15) is 5.70 Å². The van der Waals surface area contributed by atoms with Crippen LogP contribution in [-0.4, -0.2) is 30.3 Å². The molecule has 2 rings (SSSR count). The van der Waals surface area contributed by atoms with Gasteiger partial charge in [-0.15, -0.1) is 0 Å². The summed E-state index contributed by atoms with van der Waals surface area (Å²) in [7, 11) is 1.70. The standard InChI is InChI=1S/C21H22N2O2/c1-3-23(2)21(25)19(16-18-12-8-5-9-13-18)22-20(24)15-14-17-10-6-4-7-11-17/h4-16H,3H2,1-2H3,(H,22,24)/b15-14-,19-16?. The molecule has 0 aliphatic carbocycles. The number of benzene rings is 2. The van der Waals surface area contributed by atoms with Crippen LogP contribution >= 0.6 is 0 Å². The Morgan fingerprint density at radius 2 is 1.52 bits per heavy atom. The maximum absolute atomic E-state index is 12.5. The molecule has 2 aromatic rings. The minimum atomic E-state index is -0.344. The van der Waals surface area contributed by atoms with E-state index in [4.69, 9.17) is 0 Å². The Kier molecular flexibility index (Phi) is 6.72. The summed E-state index contributed by atoms with van der Waals surface area (Å²) in [6.07, 6.45) is 4.82. The highest BCUT2D eigenvalue weighted by atomic mass is 16.2. The molecule has 0 unspecified atom stereocenters. The average molecular weight is 334 g/mol. The molecule has 0 aromatic heterocycles. The number of likely N-dealkylation sites (N-methyl/N-ethyl adjacent to an activating group) is 1. The molecule has 4 nitrogen and oxygen atoms in total. The fourth-order valence-electron chi connectivity index (χ4n) is 2.13. The first-order valence-corrected chi connectivity index (χ1v) is 8.16. The van der Waals surface area contributed by atoms with Crippen molar-refractivity contribution in [2.45, 2.75) is 6.92 Å². The first kappa shape index (κ1) is 18.2. The number of amides is 2. The number of nitrogens with one attached hydrogen (secondary N) is 1. The lowest BCUT2D eigenvalue weighted by Gasteiger charge is -2.17. The normalized spacial score (nSPS) is 11.4. The molecule has 0 spiro atoms. The third kappa shape index (κ3) is 5.77. The van der Waals surface area contributed by atoms with Crippen LogP contribution in [0.1, 0.15) is 18.1 Å². The van der Waals surface area contributed by atoms with E-state index < -0.39 is 0 Å². The van der Waals surface area contributed by atoms with Gasteiger partial charge in [0, 0.05) is 19.7 Å². The summed E-state index contributed by atoms with van der Waals surface area (Å²) in [4.78, 5) is 26.3. The number of carbonyl (C=O) groups excluding carboxylic acids is 2. The molecule has 0 saturated heterocycles. The smallest absolute Gasteiger partial charge is 0.270 e. The van der Waals surface area contributed by atoms with Crippen LogP contribution in [0.25, 0.3) is 12.2 Å². The summed E-state index contributed by atoms with van der Waals surface area (Å²) >= 11 is 0. The van der Waals surface area contributed by atoms with Gasteiger partial charge in [0.05, 0.1) is 0 Å². The number of rotatable bonds is 6. The maximum atomic E-state index is 12.5. The Morgan fingerprint density at radius 3 is 2.08 bits per heavy atom. The number of hydrogen-bond acceptors (Lipinski definition) is 2. The van der Waals surface area contributed by atoms with Gasteiger partial charge in [-0.2, -0.15) is 0 Å². The molecule has 4 heteroatoms. The third-order valence-corrected chi connectivity index (χ3v) is 3.65. The minimum Gasteiger partial charge on any atom is -0.341 e. The molecule has 0 fully saturated rings.